The zero-order valence-corrected chi connectivity index (χ0v) is 13.5. The van der Waals surface area contributed by atoms with Crippen molar-refractivity contribution >= 4 is 11.7 Å². The molecule has 0 saturated carbocycles. The van der Waals surface area contributed by atoms with Crippen LogP contribution in [-0.2, 0) is 9.53 Å². The number of hydrogen-bond acceptors (Lipinski definition) is 4. The Balaban J connectivity index is 1.91. The Hall–Kier alpha value is -2.69. The molecule has 2 aromatic carbocycles. The summed E-state index contributed by atoms with van der Waals surface area (Å²) in [4.78, 5) is 16.7. The number of rotatable bonds is 4. The molecule has 1 aliphatic rings. The highest BCUT2D eigenvalue weighted by Crippen LogP contribution is 2.34. The van der Waals surface area contributed by atoms with Gasteiger partial charge in [-0.2, -0.15) is 0 Å². The first-order valence-electron chi connectivity index (χ1n) is 7.66. The van der Waals surface area contributed by atoms with Gasteiger partial charge in [-0.25, -0.2) is 9.18 Å². The SMILES string of the molecule is COC(=O)[C@@H]1N=C(c2ccc(OC)cc2)C[C@@H]1c1ccc(F)cc1. The van der Waals surface area contributed by atoms with Gasteiger partial charge < -0.3 is 9.47 Å². The molecule has 0 radical (unpaired) electrons. The highest BCUT2D eigenvalue weighted by atomic mass is 19.1. The molecule has 5 heteroatoms. The summed E-state index contributed by atoms with van der Waals surface area (Å²) in [5.74, 6) is -0.0809. The fourth-order valence-electron chi connectivity index (χ4n) is 2.95. The van der Waals surface area contributed by atoms with Gasteiger partial charge in [0.1, 0.15) is 11.6 Å². The standard InChI is InChI=1S/C19H18FNO3/c1-23-15-9-5-13(6-10-15)17-11-16(18(21-17)19(22)24-2)12-3-7-14(20)8-4-12/h3-10,16,18H,11H2,1-2H3/t16-,18-/m1/s1. The van der Waals surface area contributed by atoms with E-state index in [1.54, 1.807) is 19.2 Å². The van der Waals surface area contributed by atoms with Crippen molar-refractivity contribution < 1.29 is 18.7 Å². The quantitative estimate of drug-likeness (QED) is 0.809. The van der Waals surface area contributed by atoms with E-state index in [-0.39, 0.29) is 17.7 Å². The Morgan fingerprint density at radius 1 is 1.08 bits per heavy atom. The van der Waals surface area contributed by atoms with Crippen LogP contribution in [0.1, 0.15) is 23.5 Å². The molecule has 0 bridgehead atoms. The number of benzene rings is 2. The average molecular weight is 327 g/mol. The molecule has 0 amide bonds. The summed E-state index contributed by atoms with van der Waals surface area (Å²) < 4.78 is 23.2. The number of methoxy groups -OCH3 is 2. The molecule has 0 aliphatic carbocycles. The zero-order valence-electron chi connectivity index (χ0n) is 13.5. The Bertz CT molecular complexity index is 753. The van der Waals surface area contributed by atoms with Crippen LogP contribution in [0.4, 0.5) is 4.39 Å². The molecule has 4 nitrogen and oxygen atoms in total. The maximum absolute atomic E-state index is 13.2. The smallest absolute Gasteiger partial charge is 0.331 e. The minimum atomic E-state index is -0.613. The third-order valence-electron chi connectivity index (χ3n) is 4.25. The van der Waals surface area contributed by atoms with Crippen molar-refractivity contribution in [2.24, 2.45) is 4.99 Å². The first-order chi connectivity index (χ1) is 11.6. The molecule has 2 aromatic rings. The number of carbonyl (C=O) groups excluding carboxylic acids is 1. The summed E-state index contributed by atoms with van der Waals surface area (Å²) >= 11 is 0. The van der Waals surface area contributed by atoms with E-state index in [9.17, 15) is 9.18 Å². The van der Waals surface area contributed by atoms with Gasteiger partial charge in [0.05, 0.1) is 14.2 Å². The summed E-state index contributed by atoms with van der Waals surface area (Å²) in [5, 5.41) is 0. The Kier molecular flexibility index (Phi) is 4.60. The number of hydrogen-bond donors (Lipinski definition) is 0. The van der Waals surface area contributed by atoms with Crippen LogP contribution in [-0.4, -0.2) is 31.9 Å². The number of halogens is 1. The Labute approximate surface area is 139 Å². The van der Waals surface area contributed by atoms with E-state index < -0.39 is 6.04 Å². The minimum absolute atomic E-state index is 0.157. The molecular formula is C19H18FNO3. The van der Waals surface area contributed by atoms with E-state index in [2.05, 4.69) is 4.99 Å². The lowest BCUT2D eigenvalue weighted by atomic mass is 9.89. The van der Waals surface area contributed by atoms with Gasteiger partial charge in [-0.15, -0.1) is 0 Å². The molecule has 0 N–H and O–H groups in total. The highest BCUT2D eigenvalue weighted by molar-refractivity contribution is 6.04. The lowest BCUT2D eigenvalue weighted by Crippen LogP contribution is -2.24. The van der Waals surface area contributed by atoms with Crippen LogP contribution >= 0.6 is 0 Å². The summed E-state index contributed by atoms with van der Waals surface area (Å²) in [5.41, 5.74) is 2.65. The van der Waals surface area contributed by atoms with Gasteiger partial charge >= 0.3 is 5.97 Å². The second-order valence-electron chi connectivity index (χ2n) is 5.63. The van der Waals surface area contributed by atoms with Crippen LogP contribution in [0.15, 0.2) is 53.5 Å². The van der Waals surface area contributed by atoms with Crippen molar-refractivity contribution in [3.63, 3.8) is 0 Å². The number of nitrogens with zero attached hydrogens (tertiary/aromatic N) is 1. The predicted molar refractivity (Wildman–Crippen MR) is 89.1 cm³/mol. The van der Waals surface area contributed by atoms with Crippen molar-refractivity contribution in [3.8, 4) is 5.75 Å². The van der Waals surface area contributed by atoms with Crippen molar-refractivity contribution in [1.29, 1.82) is 0 Å². The monoisotopic (exact) mass is 327 g/mol. The van der Waals surface area contributed by atoms with Crippen molar-refractivity contribution in [2.75, 3.05) is 14.2 Å². The molecular weight excluding hydrogens is 309 g/mol. The molecule has 0 unspecified atom stereocenters. The van der Waals surface area contributed by atoms with E-state index in [1.165, 1.54) is 19.2 Å². The molecule has 0 spiro atoms. The largest absolute Gasteiger partial charge is 0.497 e. The molecule has 0 saturated heterocycles. The lowest BCUT2D eigenvalue weighted by Gasteiger charge is -2.16. The fraction of sp³-hybridized carbons (Fsp3) is 0.263. The summed E-state index contributed by atoms with van der Waals surface area (Å²) in [6, 6.07) is 13.1. The number of esters is 1. The third-order valence-corrected chi connectivity index (χ3v) is 4.25. The molecule has 124 valence electrons. The summed E-state index contributed by atoms with van der Waals surface area (Å²) in [7, 11) is 2.96. The average Bonchev–Trinajstić information content (AvgIpc) is 3.07. The molecule has 0 fully saturated rings. The van der Waals surface area contributed by atoms with E-state index in [4.69, 9.17) is 9.47 Å². The van der Waals surface area contributed by atoms with Gasteiger partial charge in [-0.3, -0.25) is 4.99 Å². The summed E-state index contributed by atoms with van der Waals surface area (Å²) in [6.45, 7) is 0. The van der Waals surface area contributed by atoms with Crippen LogP contribution in [0.2, 0.25) is 0 Å². The van der Waals surface area contributed by atoms with Gasteiger partial charge in [0.2, 0.25) is 0 Å². The van der Waals surface area contributed by atoms with E-state index in [0.717, 1.165) is 22.6 Å². The van der Waals surface area contributed by atoms with Crippen LogP contribution in [0.25, 0.3) is 0 Å². The lowest BCUT2D eigenvalue weighted by molar-refractivity contribution is -0.142. The second-order valence-corrected chi connectivity index (χ2v) is 5.63. The topological polar surface area (TPSA) is 47.9 Å². The van der Waals surface area contributed by atoms with Crippen molar-refractivity contribution in [3.05, 3.63) is 65.5 Å². The Morgan fingerprint density at radius 2 is 1.75 bits per heavy atom. The van der Waals surface area contributed by atoms with Crippen LogP contribution < -0.4 is 4.74 Å². The van der Waals surface area contributed by atoms with Gasteiger partial charge in [0, 0.05) is 11.6 Å². The van der Waals surface area contributed by atoms with E-state index in [0.29, 0.717) is 6.42 Å². The first kappa shape index (κ1) is 16.2. The van der Waals surface area contributed by atoms with Gasteiger partial charge in [-0.1, -0.05) is 12.1 Å². The van der Waals surface area contributed by atoms with Crippen LogP contribution in [0.5, 0.6) is 5.75 Å². The van der Waals surface area contributed by atoms with Crippen LogP contribution in [0, 0.1) is 5.82 Å². The maximum Gasteiger partial charge on any atom is 0.331 e. The second kappa shape index (κ2) is 6.83. The van der Waals surface area contributed by atoms with Crippen molar-refractivity contribution in [1.82, 2.24) is 0 Å². The number of carbonyl (C=O) groups is 1. The number of aliphatic imine (C=N–C) groups is 1. The molecule has 0 aromatic heterocycles. The molecule has 2 atom stereocenters. The zero-order chi connectivity index (χ0) is 17.1. The molecule has 3 rings (SSSR count). The molecule has 1 aliphatic heterocycles. The maximum atomic E-state index is 13.2. The first-order valence-corrected chi connectivity index (χ1v) is 7.66. The summed E-state index contributed by atoms with van der Waals surface area (Å²) in [6.07, 6.45) is 0.595. The van der Waals surface area contributed by atoms with Crippen LogP contribution in [0.3, 0.4) is 0 Å². The van der Waals surface area contributed by atoms with E-state index in [1.807, 2.05) is 24.3 Å². The van der Waals surface area contributed by atoms with Gasteiger partial charge in [0.25, 0.3) is 0 Å². The van der Waals surface area contributed by atoms with Gasteiger partial charge in [0.15, 0.2) is 6.04 Å². The minimum Gasteiger partial charge on any atom is -0.497 e. The Morgan fingerprint density at radius 3 is 2.33 bits per heavy atom. The fourth-order valence-corrected chi connectivity index (χ4v) is 2.95. The third kappa shape index (κ3) is 3.15. The molecule has 1 heterocycles. The predicted octanol–water partition coefficient (Wildman–Crippen LogP) is 3.35. The van der Waals surface area contributed by atoms with Crippen molar-refractivity contribution in [2.45, 2.75) is 18.4 Å². The van der Waals surface area contributed by atoms with Gasteiger partial charge in [-0.05, 0) is 53.9 Å². The van der Waals surface area contributed by atoms with E-state index >= 15 is 0 Å². The molecule has 24 heavy (non-hydrogen) atoms. The number of ether oxygens (including phenoxy) is 2. The normalized spacial score (nSPS) is 19.7. The highest BCUT2D eigenvalue weighted by Gasteiger charge is 2.36.